The Morgan fingerprint density at radius 3 is 2.62 bits per heavy atom. The number of benzene rings is 1. The van der Waals surface area contributed by atoms with Crippen molar-refractivity contribution >= 4 is 5.91 Å². The van der Waals surface area contributed by atoms with Gasteiger partial charge in [0.15, 0.2) is 0 Å². The van der Waals surface area contributed by atoms with Crippen LogP contribution in [0.3, 0.4) is 0 Å². The van der Waals surface area contributed by atoms with E-state index in [9.17, 15) is 4.79 Å². The molecule has 0 aliphatic heterocycles. The Hall–Kier alpha value is -2.89. The van der Waals surface area contributed by atoms with E-state index in [0.29, 0.717) is 18.2 Å². The van der Waals surface area contributed by atoms with Gasteiger partial charge in [0.05, 0.1) is 5.69 Å². The fourth-order valence-corrected chi connectivity index (χ4v) is 2.46. The van der Waals surface area contributed by atoms with Crippen LogP contribution in [-0.4, -0.2) is 37.8 Å². The van der Waals surface area contributed by atoms with Crippen molar-refractivity contribution in [3.05, 3.63) is 65.7 Å². The predicted molar refractivity (Wildman–Crippen MR) is 92.0 cm³/mol. The lowest BCUT2D eigenvalue weighted by atomic mass is 10.1. The van der Waals surface area contributed by atoms with Crippen LogP contribution in [0.25, 0.3) is 5.69 Å². The van der Waals surface area contributed by atoms with E-state index < -0.39 is 0 Å². The Morgan fingerprint density at radius 2 is 2.04 bits per heavy atom. The summed E-state index contributed by atoms with van der Waals surface area (Å²) < 4.78 is 1.80. The Balaban J connectivity index is 1.67. The van der Waals surface area contributed by atoms with Gasteiger partial charge >= 0.3 is 0 Å². The Labute approximate surface area is 141 Å². The molecule has 2 aromatic heterocycles. The highest BCUT2D eigenvalue weighted by Crippen LogP contribution is 2.15. The van der Waals surface area contributed by atoms with Crippen molar-refractivity contribution in [3.8, 4) is 5.69 Å². The second-order valence-corrected chi connectivity index (χ2v) is 6.14. The predicted octanol–water partition coefficient (Wildman–Crippen LogP) is 2.99. The van der Waals surface area contributed by atoms with Crippen molar-refractivity contribution in [1.82, 2.24) is 24.9 Å². The van der Waals surface area contributed by atoms with Crippen LogP contribution in [0.2, 0.25) is 0 Å². The molecule has 3 rings (SSSR count). The summed E-state index contributed by atoms with van der Waals surface area (Å²) in [6, 6.07) is 11.7. The molecule has 6 heteroatoms. The average Bonchev–Trinajstić information content (AvgIpc) is 3.26. The van der Waals surface area contributed by atoms with Crippen LogP contribution >= 0.6 is 0 Å². The van der Waals surface area contributed by atoms with Crippen molar-refractivity contribution in [2.75, 3.05) is 7.05 Å². The largest absolute Gasteiger partial charge is 0.336 e. The molecule has 3 aromatic rings. The summed E-state index contributed by atoms with van der Waals surface area (Å²) in [5, 5.41) is 11.2. The van der Waals surface area contributed by atoms with E-state index >= 15 is 0 Å². The van der Waals surface area contributed by atoms with Gasteiger partial charge in [-0.1, -0.05) is 26.0 Å². The number of rotatable bonds is 5. The molecule has 1 N–H and O–H groups in total. The van der Waals surface area contributed by atoms with Crippen molar-refractivity contribution in [3.63, 3.8) is 0 Å². The zero-order valence-electron chi connectivity index (χ0n) is 14.1. The van der Waals surface area contributed by atoms with E-state index in [1.807, 2.05) is 42.6 Å². The standard InChI is InChI=1S/C18H21N5O/c1-13(2)16-11-17(21-20-16)18(24)22(3)12-14-5-7-15(8-6-14)23-10-4-9-19-23/h4-11,13H,12H2,1-3H3,(H,20,21). The van der Waals surface area contributed by atoms with Gasteiger partial charge in [0, 0.05) is 31.7 Å². The molecule has 1 amide bonds. The van der Waals surface area contributed by atoms with Crippen molar-refractivity contribution in [1.29, 1.82) is 0 Å². The van der Waals surface area contributed by atoms with Gasteiger partial charge in [0.2, 0.25) is 0 Å². The minimum absolute atomic E-state index is 0.0886. The molecule has 0 radical (unpaired) electrons. The third-order valence-electron chi connectivity index (χ3n) is 3.91. The van der Waals surface area contributed by atoms with Gasteiger partial charge in [-0.3, -0.25) is 9.89 Å². The van der Waals surface area contributed by atoms with Gasteiger partial charge in [0.25, 0.3) is 5.91 Å². The first-order chi connectivity index (χ1) is 11.5. The first-order valence-electron chi connectivity index (χ1n) is 7.94. The summed E-state index contributed by atoms with van der Waals surface area (Å²) in [4.78, 5) is 14.1. The van der Waals surface area contributed by atoms with Crippen molar-refractivity contribution in [2.45, 2.75) is 26.3 Å². The van der Waals surface area contributed by atoms with Crippen LogP contribution in [0.5, 0.6) is 0 Å². The monoisotopic (exact) mass is 323 g/mol. The summed E-state index contributed by atoms with van der Waals surface area (Å²) in [5.74, 6) is 0.230. The summed E-state index contributed by atoms with van der Waals surface area (Å²) >= 11 is 0. The Bertz CT molecular complexity index is 802. The third kappa shape index (κ3) is 3.37. The summed E-state index contributed by atoms with van der Waals surface area (Å²) in [6.07, 6.45) is 3.64. The molecule has 24 heavy (non-hydrogen) atoms. The highest BCUT2D eigenvalue weighted by atomic mass is 16.2. The van der Waals surface area contributed by atoms with Gasteiger partial charge in [0.1, 0.15) is 5.69 Å². The fraction of sp³-hybridized carbons (Fsp3) is 0.278. The van der Waals surface area contributed by atoms with E-state index in [4.69, 9.17) is 0 Å². The second-order valence-electron chi connectivity index (χ2n) is 6.14. The topological polar surface area (TPSA) is 66.8 Å². The number of nitrogens with one attached hydrogen (secondary N) is 1. The number of hydrogen-bond donors (Lipinski definition) is 1. The molecule has 2 heterocycles. The molecule has 0 saturated carbocycles. The number of amides is 1. The van der Waals surface area contributed by atoms with Crippen LogP contribution in [0, 0.1) is 0 Å². The molecular weight excluding hydrogens is 302 g/mol. The smallest absolute Gasteiger partial charge is 0.274 e. The number of aromatic amines is 1. The van der Waals surface area contributed by atoms with Crippen LogP contribution in [-0.2, 0) is 6.54 Å². The molecule has 6 nitrogen and oxygen atoms in total. The highest BCUT2D eigenvalue weighted by Gasteiger charge is 2.16. The lowest BCUT2D eigenvalue weighted by Crippen LogP contribution is -2.26. The van der Waals surface area contributed by atoms with Crippen LogP contribution in [0.15, 0.2) is 48.8 Å². The van der Waals surface area contributed by atoms with E-state index in [1.165, 1.54) is 0 Å². The maximum absolute atomic E-state index is 12.5. The minimum atomic E-state index is -0.0886. The van der Waals surface area contributed by atoms with E-state index in [-0.39, 0.29) is 5.91 Å². The summed E-state index contributed by atoms with van der Waals surface area (Å²) in [6.45, 7) is 4.65. The van der Waals surface area contributed by atoms with Gasteiger partial charge in [-0.2, -0.15) is 10.2 Å². The summed E-state index contributed by atoms with van der Waals surface area (Å²) in [5.41, 5.74) is 3.47. The van der Waals surface area contributed by atoms with Gasteiger partial charge in [-0.15, -0.1) is 0 Å². The van der Waals surface area contributed by atoms with Crippen molar-refractivity contribution in [2.24, 2.45) is 0 Å². The number of carbonyl (C=O) groups is 1. The first kappa shape index (κ1) is 16.0. The average molecular weight is 323 g/mol. The lowest BCUT2D eigenvalue weighted by molar-refractivity contribution is 0.0779. The quantitative estimate of drug-likeness (QED) is 0.785. The number of hydrogen-bond acceptors (Lipinski definition) is 3. The number of aromatic nitrogens is 4. The Morgan fingerprint density at radius 1 is 1.29 bits per heavy atom. The molecule has 0 aliphatic rings. The van der Waals surface area contributed by atoms with Crippen LogP contribution in [0.1, 0.15) is 41.5 Å². The van der Waals surface area contributed by atoms with Crippen LogP contribution in [0.4, 0.5) is 0 Å². The molecule has 0 aliphatic carbocycles. The second kappa shape index (κ2) is 6.70. The molecule has 1 aromatic carbocycles. The normalized spacial score (nSPS) is 11.0. The van der Waals surface area contributed by atoms with Gasteiger partial charge in [-0.05, 0) is 35.7 Å². The zero-order chi connectivity index (χ0) is 17.1. The van der Waals surface area contributed by atoms with Gasteiger partial charge < -0.3 is 4.90 Å². The molecule has 124 valence electrons. The molecule has 0 fully saturated rings. The fourth-order valence-electron chi connectivity index (χ4n) is 2.46. The Kier molecular flexibility index (Phi) is 4.46. The lowest BCUT2D eigenvalue weighted by Gasteiger charge is -2.16. The highest BCUT2D eigenvalue weighted by molar-refractivity contribution is 5.92. The molecular formula is C18H21N5O. The number of H-pyrrole nitrogens is 1. The molecule has 0 spiro atoms. The van der Waals surface area contributed by atoms with E-state index in [2.05, 4.69) is 29.1 Å². The molecule has 0 saturated heterocycles. The number of carbonyl (C=O) groups excluding carboxylic acids is 1. The SMILES string of the molecule is CC(C)c1cc(C(=O)N(C)Cc2ccc(-n3cccn3)cc2)n[nH]1. The van der Waals surface area contributed by atoms with E-state index in [0.717, 1.165) is 16.9 Å². The van der Waals surface area contributed by atoms with E-state index in [1.54, 1.807) is 22.8 Å². The van der Waals surface area contributed by atoms with Crippen molar-refractivity contribution < 1.29 is 4.79 Å². The minimum Gasteiger partial charge on any atom is -0.336 e. The molecule has 0 bridgehead atoms. The zero-order valence-corrected chi connectivity index (χ0v) is 14.1. The summed E-state index contributed by atoms with van der Waals surface area (Å²) in [7, 11) is 1.79. The third-order valence-corrected chi connectivity index (χ3v) is 3.91. The van der Waals surface area contributed by atoms with Gasteiger partial charge in [-0.25, -0.2) is 4.68 Å². The maximum atomic E-state index is 12.5. The van der Waals surface area contributed by atoms with Crippen LogP contribution < -0.4 is 0 Å². The first-order valence-corrected chi connectivity index (χ1v) is 7.94. The molecule has 0 unspecified atom stereocenters. The molecule has 0 atom stereocenters. The maximum Gasteiger partial charge on any atom is 0.274 e. The number of nitrogens with zero attached hydrogens (tertiary/aromatic N) is 4.